The number of carbonyl (C=O) groups is 1. The van der Waals surface area contributed by atoms with Crippen molar-refractivity contribution in [1.29, 1.82) is 0 Å². The zero-order valence-electron chi connectivity index (χ0n) is 12.0. The number of nitro benzene ring substituents is 1. The van der Waals surface area contributed by atoms with Crippen LogP contribution in [0.2, 0.25) is 0 Å². The summed E-state index contributed by atoms with van der Waals surface area (Å²) in [6.45, 7) is 5.47. The molecule has 0 atom stereocenters. The Morgan fingerprint density at radius 2 is 2.15 bits per heavy atom. The average molecular weight is 277 g/mol. The molecule has 1 amide bonds. The maximum atomic E-state index is 12.5. The van der Waals surface area contributed by atoms with Gasteiger partial charge in [0.2, 0.25) is 0 Å². The zero-order chi connectivity index (χ0) is 14.9. The fourth-order valence-electron chi connectivity index (χ4n) is 2.57. The van der Waals surface area contributed by atoms with E-state index in [0.717, 1.165) is 6.42 Å². The number of nitrogens with one attached hydrogen (secondary N) is 1. The van der Waals surface area contributed by atoms with Crippen LogP contribution in [0.25, 0.3) is 0 Å². The molecule has 1 aliphatic rings. The van der Waals surface area contributed by atoms with Gasteiger partial charge in [-0.05, 0) is 24.0 Å². The van der Waals surface area contributed by atoms with Gasteiger partial charge in [-0.3, -0.25) is 14.9 Å². The normalized spacial score (nSPS) is 17.1. The molecule has 1 fully saturated rings. The van der Waals surface area contributed by atoms with E-state index in [1.807, 2.05) is 0 Å². The van der Waals surface area contributed by atoms with Gasteiger partial charge in [0.05, 0.1) is 4.92 Å². The number of hydrogen-bond donors (Lipinski definition) is 1. The van der Waals surface area contributed by atoms with Crippen LogP contribution in [0.1, 0.15) is 30.6 Å². The molecule has 0 aromatic heterocycles. The topological polar surface area (TPSA) is 75.5 Å². The Balaban J connectivity index is 2.38. The molecular formula is C14H19N3O3. The summed E-state index contributed by atoms with van der Waals surface area (Å²) in [6, 6.07) is 4.78. The van der Waals surface area contributed by atoms with E-state index in [4.69, 9.17) is 0 Å². The number of likely N-dealkylation sites (tertiary alicyclic amines) is 1. The van der Waals surface area contributed by atoms with Crippen LogP contribution in [0.5, 0.6) is 0 Å². The van der Waals surface area contributed by atoms with E-state index in [2.05, 4.69) is 19.2 Å². The van der Waals surface area contributed by atoms with Gasteiger partial charge in [0.1, 0.15) is 11.3 Å². The van der Waals surface area contributed by atoms with Gasteiger partial charge in [-0.25, -0.2) is 0 Å². The van der Waals surface area contributed by atoms with E-state index in [9.17, 15) is 14.9 Å². The Labute approximate surface area is 117 Å². The fourth-order valence-corrected chi connectivity index (χ4v) is 2.57. The highest BCUT2D eigenvalue weighted by molar-refractivity contribution is 6.00. The standard InChI is InChI=1S/C14H19N3O3/c1-14(2)7-8-16(9-14)13(18)10-5-4-6-11(15-3)12(10)17(19)20/h4-6,15H,7-9H2,1-3H3. The minimum Gasteiger partial charge on any atom is -0.383 e. The first-order chi connectivity index (χ1) is 9.35. The number of para-hydroxylation sites is 1. The molecule has 0 saturated carbocycles. The van der Waals surface area contributed by atoms with Crippen LogP contribution in [0.3, 0.4) is 0 Å². The number of nitrogens with zero attached hydrogens (tertiary/aromatic N) is 2. The second-order valence-electron chi connectivity index (χ2n) is 5.85. The van der Waals surface area contributed by atoms with Crippen LogP contribution in [-0.4, -0.2) is 35.9 Å². The SMILES string of the molecule is CNc1cccc(C(=O)N2CCC(C)(C)C2)c1[N+](=O)[O-]. The lowest BCUT2D eigenvalue weighted by atomic mass is 9.93. The van der Waals surface area contributed by atoms with Crippen LogP contribution >= 0.6 is 0 Å². The van der Waals surface area contributed by atoms with E-state index in [1.54, 1.807) is 24.1 Å². The smallest absolute Gasteiger partial charge is 0.305 e. The maximum absolute atomic E-state index is 12.5. The summed E-state index contributed by atoms with van der Waals surface area (Å²) in [5.74, 6) is -0.264. The van der Waals surface area contributed by atoms with Gasteiger partial charge in [0.25, 0.3) is 5.91 Å². The summed E-state index contributed by atoms with van der Waals surface area (Å²) >= 11 is 0. The van der Waals surface area contributed by atoms with Gasteiger partial charge < -0.3 is 10.2 Å². The van der Waals surface area contributed by atoms with Gasteiger partial charge in [-0.15, -0.1) is 0 Å². The average Bonchev–Trinajstić information content (AvgIpc) is 2.77. The van der Waals surface area contributed by atoms with Gasteiger partial charge in [-0.2, -0.15) is 0 Å². The van der Waals surface area contributed by atoms with Gasteiger partial charge in [-0.1, -0.05) is 19.9 Å². The second-order valence-corrected chi connectivity index (χ2v) is 5.85. The predicted molar refractivity (Wildman–Crippen MR) is 76.9 cm³/mol. The number of benzene rings is 1. The van der Waals surface area contributed by atoms with Crippen LogP contribution in [-0.2, 0) is 0 Å². The molecule has 1 aromatic rings. The summed E-state index contributed by atoms with van der Waals surface area (Å²) in [5, 5.41) is 14.0. The number of nitro groups is 1. The van der Waals surface area contributed by atoms with Gasteiger partial charge in [0.15, 0.2) is 0 Å². The summed E-state index contributed by atoms with van der Waals surface area (Å²) in [6.07, 6.45) is 0.915. The van der Waals surface area contributed by atoms with Crippen molar-refractivity contribution in [2.45, 2.75) is 20.3 Å². The van der Waals surface area contributed by atoms with E-state index >= 15 is 0 Å². The molecule has 2 rings (SSSR count). The summed E-state index contributed by atoms with van der Waals surface area (Å²) in [5.41, 5.74) is 0.439. The highest BCUT2D eigenvalue weighted by Crippen LogP contribution is 2.33. The van der Waals surface area contributed by atoms with E-state index in [1.165, 1.54) is 6.07 Å². The van der Waals surface area contributed by atoms with Crippen LogP contribution in [0, 0.1) is 15.5 Å². The molecule has 0 bridgehead atoms. The quantitative estimate of drug-likeness (QED) is 0.680. The molecule has 1 N–H and O–H groups in total. The number of hydrogen-bond acceptors (Lipinski definition) is 4. The third-order valence-corrected chi connectivity index (χ3v) is 3.68. The molecule has 6 nitrogen and oxygen atoms in total. The van der Waals surface area contributed by atoms with Crippen molar-refractivity contribution >= 4 is 17.3 Å². The fraction of sp³-hybridized carbons (Fsp3) is 0.500. The Bertz CT molecular complexity index is 555. The van der Waals surface area contributed by atoms with Crippen molar-refractivity contribution in [3.63, 3.8) is 0 Å². The third kappa shape index (κ3) is 2.59. The van der Waals surface area contributed by atoms with Crippen LogP contribution < -0.4 is 5.32 Å². The molecule has 1 heterocycles. The molecule has 6 heteroatoms. The maximum Gasteiger partial charge on any atom is 0.305 e. The first-order valence-electron chi connectivity index (χ1n) is 6.60. The van der Waals surface area contributed by atoms with Crippen molar-refractivity contribution in [3.8, 4) is 0 Å². The number of carbonyl (C=O) groups excluding carboxylic acids is 1. The number of amides is 1. The van der Waals surface area contributed by atoms with Crippen molar-refractivity contribution < 1.29 is 9.72 Å². The highest BCUT2D eigenvalue weighted by Gasteiger charge is 2.35. The van der Waals surface area contributed by atoms with Gasteiger partial charge in [0, 0.05) is 20.1 Å². The Hall–Kier alpha value is -2.11. The third-order valence-electron chi connectivity index (χ3n) is 3.68. The Kier molecular flexibility index (Phi) is 3.65. The molecule has 0 aliphatic carbocycles. The van der Waals surface area contributed by atoms with E-state index < -0.39 is 4.92 Å². The lowest BCUT2D eigenvalue weighted by Gasteiger charge is -2.20. The minimum atomic E-state index is -0.500. The van der Waals surface area contributed by atoms with E-state index in [0.29, 0.717) is 18.8 Å². The Morgan fingerprint density at radius 3 is 2.65 bits per heavy atom. The lowest BCUT2D eigenvalue weighted by Crippen LogP contribution is -2.30. The molecule has 1 aromatic carbocycles. The molecule has 0 spiro atoms. The van der Waals surface area contributed by atoms with Gasteiger partial charge >= 0.3 is 5.69 Å². The van der Waals surface area contributed by atoms with E-state index in [-0.39, 0.29) is 22.6 Å². The zero-order valence-corrected chi connectivity index (χ0v) is 12.0. The molecule has 1 aliphatic heterocycles. The monoisotopic (exact) mass is 277 g/mol. The lowest BCUT2D eigenvalue weighted by molar-refractivity contribution is -0.384. The molecule has 1 saturated heterocycles. The second kappa shape index (κ2) is 5.11. The van der Waals surface area contributed by atoms with Crippen molar-refractivity contribution in [2.75, 3.05) is 25.5 Å². The predicted octanol–water partition coefficient (Wildman–Crippen LogP) is 2.51. The van der Waals surface area contributed by atoms with Crippen LogP contribution in [0.15, 0.2) is 18.2 Å². The molecular weight excluding hydrogens is 258 g/mol. The van der Waals surface area contributed by atoms with Crippen molar-refractivity contribution in [3.05, 3.63) is 33.9 Å². The number of rotatable bonds is 3. The first-order valence-corrected chi connectivity index (χ1v) is 6.60. The number of anilines is 1. The Morgan fingerprint density at radius 1 is 1.45 bits per heavy atom. The minimum absolute atomic E-state index is 0.0745. The van der Waals surface area contributed by atoms with Crippen LogP contribution in [0.4, 0.5) is 11.4 Å². The van der Waals surface area contributed by atoms with Crippen molar-refractivity contribution in [2.24, 2.45) is 5.41 Å². The van der Waals surface area contributed by atoms with Crippen molar-refractivity contribution in [1.82, 2.24) is 4.90 Å². The summed E-state index contributed by atoms with van der Waals surface area (Å²) < 4.78 is 0. The molecule has 0 radical (unpaired) electrons. The molecule has 0 unspecified atom stereocenters. The summed E-state index contributed by atoms with van der Waals surface area (Å²) in [7, 11) is 1.61. The first kappa shape index (κ1) is 14.3. The highest BCUT2D eigenvalue weighted by atomic mass is 16.6. The molecule has 108 valence electrons. The summed E-state index contributed by atoms with van der Waals surface area (Å²) in [4.78, 5) is 25.0. The molecule has 20 heavy (non-hydrogen) atoms. The largest absolute Gasteiger partial charge is 0.383 e.